The van der Waals surface area contributed by atoms with Gasteiger partial charge in [-0.2, -0.15) is 21.6 Å². The topological polar surface area (TPSA) is 63.6 Å². The van der Waals surface area contributed by atoms with E-state index in [1.54, 1.807) is 0 Å². The van der Waals surface area contributed by atoms with Crippen molar-refractivity contribution in [2.45, 2.75) is 31.9 Å². The first-order valence-corrected chi connectivity index (χ1v) is 5.26. The van der Waals surface area contributed by atoms with Crippen LogP contribution in [0, 0.1) is 0 Å². The van der Waals surface area contributed by atoms with E-state index in [-0.39, 0.29) is 25.9 Å². The Kier molecular flexibility index (Phi) is 5.38. The van der Waals surface area contributed by atoms with Crippen molar-refractivity contribution >= 4 is 10.4 Å². The lowest BCUT2D eigenvalue weighted by Gasteiger charge is -2.05. The zero-order valence-corrected chi connectivity index (χ0v) is 8.07. The quantitative estimate of drug-likeness (QED) is 0.565. The molecule has 0 atom stereocenters. The zero-order chi connectivity index (χ0) is 11.2. The SMILES string of the molecule is O=S(=O)(O)OCCCCCC(F)(F)F. The van der Waals surface area contributed by atoms with Crippen molar-refractivity contribution in [3.8, 4) is 0 Å². The molecule has 0 spiro atoms. The van der Waals surface area contributed by atoms with Gasteiger partial charge in [0.05, 0.1) is 6.61 Å². The van der Waals surface area contributed by atoms with Gasteiger partial charge in [0.15, 0.2) is 0 Å². The fraction of sp³-hybridized carbons (Fsp3) is 1.00. The molecule has 0 saturated carbocycles. The third-order valence-electron chi connectivity index (χ3n) is 1.34. The summed E-state index contributed by atoms with van der Waals surface area (Å²) in [6.07, 6.45) is -4.77. The Morgan fingerprint density at radius 2 is 1.71 bits per heavy atom. The molecule has 0 aliphatic rings. The Hall–Kier alpha value is -0.340. The van der Waals surface area contributed by atoms with E-state index in [1.165, 1.54) is 0 Å². The smallest absolute Gasteiger partial charge is 0.264 e. The number of unbranched alkanes of at least 4 members (excludes halogenated alkanes) is 2. The maximum absolute atomic E-state index is 11.6. The van der Waals surface area contributed by atoms with Crippen LogP contribution in [0.4, 0.5) is 13.2 Å². The number of hydrogen-bond acceptors (Lipinski definition) is 3. The molecular formula is C6H11F3O4S. The van der Waals surface area contributed by atoms with E-state index in [4.69, 9.17) is 4.55 Å². The van der Waals surface area contributed by atoms with Crippen LogP contribution in [-0.2, 0) is 14.6 Å². The lowest BCUT2D eigenvalue weighted by molar-refractivity contribution is -0.135. The normalized spacial score (nSPS) is 13.1. The Bertz CT molecular complexity index is 246. The van der Waals surface area contributed by atoms with Crippen molar-refractivity contribution < 1.29 is 30.3 Å². The molecule has 8 heteroatoms. The van der Waals surface area contributed by atoms with E-state index in [0.29, 0.717) is 0 Å². The highest BCUT2D eigenvalue weighted by atomic mass is 32.3. The lowest BCUT2D eigenvalue weighted by Crippen LogP contribution is -2.07. The van der Waals surface area contributed by atoms with Crippen LogP contribution in [0.1, 0.15) is 25.7 Å². The molecule has 0 heterocycles. The predicted octanol–water partition coefficient (Wildman–Crippen LogP) is 1.93. The molecule has 86 valence electrons. The molecule has 0 aromatic carbocycles. The first-order valence-electron chi connectivity index (χ1n) is 3.89. The van der Waals surface area contributed by atoms with Crippen molar-refractivity contribution in [3.05, 3.63) is 0 Å². The second-order valence-electron chi connectivity index (χ2n) is 2.68. The molecule has 1 N–H and O–H groups in total. The highest BCUT2D eigenvalue weighted by Crippen LogP contribution is 2.22. The van der Waals surface area contributed by atoms with Gasteiger partial charge in [0.1, 0.15) is 0 Å². The van der Waals surface area contributed by atoms with E-state index >= 15 is 0 Å². The van der Waals surface area contributed by atoms with E-state index in [1.807, 2.05) is 0 Å². The average Bonchev–Trinajstić information content (AvgIpc) is 1.92. The van der Waals surface area contributed by atoms with Gasteiger partial charge in [-0.3, -0.25) is 4.55 Å². The molecule has 14 heavy (non-hydrogen) atoms. The van der Waals surface area contributed by atoms with Gasteiger partial charge in [-0.15, -0.1) is 0 Å². The van der Waals surface area contributed by atoms with E-state index < -0.39 is 23.0 Å². The summed E-state index contributed by atoms with van der Waals surface area (Å²) in [5.74, 6) is 0. The van der Waals surface area contributed by atoms with Crippen molar-refractivity contribution in [3.63, 3.8) is 0 Å². The van der Waals surface area contributed by atoms with Crippen molar-refractivity contribution in [1.82, 2.24) is 0 Å². The molecule has 0 aromatic heterocycles. The van der Waals surface area contributed by atoms with Gasteiger partial charge in [0.2, 0.25) is 0 Å². The third-order valence-corrected chi connectivity index (χ3v) is 1.80. The van der Waals surface area contributed by atoms with Crippen LogP contribution in [0.3, 0.4) is 0 Å². The van der Waals surface area contributed by atoms with E-state index in [9.17, 15) is 21.6 Å². The van der Waals surface area contributed by atoms with E-state index in [0.717, 1.165) is 0 Å². The number of rotatable bonds is 6. The minimum absolute atomic E-state index is 0.0711. The highest BCUT2D eigenvalue weighted by molar-refractivity contribution is 7.80. The largest absolute Gasteiger partial charge is 0.397 e. The molecule has 0 radical (unpaired) electrons. The Balaban J connectivity index is 3.32. The maximum atomic E-state index is 11.6. The van der Waals surface area contributed by atoms with Crippen molar-refractivity contribution in [1.29, 1.82) is 0 Å². The summed E-state index contributed by atoms with van der Waals surface area (Å²) in [5, 5.41) is 0. The van der Waals surface area contributed by atoms with Crippen LogP contribution in [0.5, 0.6) is 0 Å². The second-order valence-corrected chi connectivity index (χ2v) is 3.77. The molecule has 0 aromatic rings. The van der Waals surface area contributed by atoms with Crippen LogP contribution in [0.2, 0.25) is 0 Å². The lowest BCUT2D eigenvalue weighted by atomic mass is 10.2. The number of alkyl halides is 3. The van der Waals surface area contributed by atoms with Crippen LogP contribution in [-0.4, -0.2) is 25.8 Å². The Morgan fingerprint density at radius 1 is 1.14 bits per heavy atom. The molecule has 0 amide bonds. The highest BCUT2D eigenvalue weighted by Gasteiger charge is 2.25. The predicted molar refractivity (Wildman–Crippen MR) is 42.0 cm³/mol. The van der Waals surface area contributed by atoms with Crippen LogP contribution in [0.25, 0.3) is 0 Å². The van der Waals surface area contributed by atoms with Gasteiger partial charge in [0.25, 0.3) is 0 Å². The fourth-order valence-electron chi connectivity index (χ4n) is 0.769. The summed E-state index contributed by atoms with van der Waals surface area (Å²) in [6.45, 7) is -0.295. The fourth-order valence-corrected chi connectivity index (χ4v) is 1.10. The minimum atomic E-state index is -4.46. The monoisotopic (exact) mass is 236 g/mol. The Morgan fingerprint density at radius 3 is 2.14 bits per heavy atom. The summed E-state index contributed by atoms with van der Waals surface area (Å²) >= 11 is 0. The summed E-state index contributed by atoms with van der Waals surface area (Å²) in [7, 11) is -4.46. The standard InChI is InChI=1S/C6H11F3O4S/c7-6(8,9)4-2-1-3-5-13-14(10,11)12/h1-5H2,(H,10,11,12). The summed E-state index contributed by atoms with van der Waals surface area (Å²) in [6, 6.07) is 0. The van der Waals surface area contributed by atoms with Crippen LogP contribution >= 0.6 is 0 Å². The van der Waals surface area contributed by atoms with E-state index in [2.05, 4.69) is 4.18 Å². The van der Waals surface area contributed by atoms with Crippen molar-refractivity contribution in [2.24, 2.45) is 0 Å². The van der Waals surface area contributed by atoms with Gasteiger partial charge >= 0.3 is 16.6 Å². The second kappa shape index (κ2) is 5.52. The molecule has 0 aliphatic carbocycles. The molecule has 0 saturated heterocycles. The summed E-state index contributed by atoms with van der Waals surface area (Å²) in [4.78, 5) is 0. The molecular weight excluding hydrogens is 225 g/mol. The number of halogens is 3. The first kappa shape index (κ1) is 13.7. The van der Waals surface area contributed by atoms with Gasteiger partial charge in [-0.1, -0.05) is 6.42 Å². The Labute approximate surface area is 80.0 Å². The van der Waals surface area contributed by atoms with Crippen LogP contribution < -0.4 is 0 Å². The molecule has 4 nitrogen and oxygen atoms in total. The first-order chi connectivity index (χ1) is 6.21. The molecule has 0 rings (SSSR count). The van der Waals surface area contributed by atoms with Crippen LogP contribution in [0.15, 0.2) is 0 Å². The van der Waals surface area contributed by atoms with Gasteiger partial charge in [0, 0.05) is 6.42 Å². The molecule has 0 unspecified atom stereocenters. The van der Waals surface area contributed by atoms with Gasteiger partial charge in [-0.25, -0.2) is 4.18 Å². The molecule has 0 bridgehead atoms. The van der Waals surface area contributed by atoms with Gasteiger partial charge in [-0.05, 0) is 12.8 Å². The van der Waals surface area contributed by atoms with Crippen molar-refractivity contribution in [2.75, 3.05) is 6.61 Å². The summed E-state index contributed by atoms with van der Waals surface area (Å²) in [5.41, 5.74) is 0. The van der Waals surface area contributed by atoms with Gasteiger partial charge < -0.3 is 0 Å². The molecule has 0 aliphatic heterocycles. The third kappa shape index (κ3) is 11.7. The number of hydrogen-bond donors (Lipinski definition) is 1. The zero-order valence-electron chi connectivity index (χ0n) is 7.25. The maximum Gasteiger partial charge on any atom is 0.397 e. The summed E-state index contributed by atoms with van der Waals surface area (Å²) < 4.78 is 66.7. The molecule has 0 fully saturated rings. The average molecular weight is 236 g/mol. The minimum Gasteiger partial charge on any atom is -0.264 e.